The van der Waals surface area contributed by atoms with Crippen LogP contribution in [0.15, 0.2) is 10.9 Å². The third-order valence-electron chi connectivity index (χ3n) is 1.91. The highest BCUT2D eigenvalue weighted by Crippen LogP contribution is 2.17. The zero-order valence-corrected chi connectivity index (χ0v) is 8.00. The SMILES string of the molecule is CC(C)c1[nH]c(=O)c(C(=O)O)cc1N. The van der Waals surface area contributed by atoms with E-state index in [0.717, 1.165) is 0 Å². The van der Waals surface area contributed by atoms with E-state index in [9.17, 15) is 9.59 Å². The van der Waals surface area contributed by atoms with Crippen molar-refractivity contribution < 1.29 is 9.90 Å². The summed E-state index contributed by atoms with van der Waals surface area (Å²) in [5.41, 5.74) is 5.53. The Morgan fingerprint density at radius 2 is 2.14 bits per heavy atom. The zero-order chi connectivity index (χ0) is 10.9. The molecule has 0 bridgehead atoms. The molecule has 1 rings (SSSR count). The fourth-order valence-electron chi connectivity index (χ4n) is 1.20. The van der Waals surface area contributed by atoms with Gasteiger partial charge in [-0.3, -0.25) is 4.79 Å². The molecule has 14 heavy (non-hydrogen) atoms. The van der Waals surface area contributed by atoms with Crippen LogP contribution in [0.1, 0.15) is 35.8 Å². The van der Waals surface area contributed by atoms with Gasteiger partial charge in [-0.2, -0.15) is 0 Å². The molecule has 1 aromatic rings. The molecule has 0 fully saturated rings. The Balaban J connectivity index is 3.39. The van der Waals surface area contributed by atoms with Gasteiger partial charge in [0.1, 0.15) is 5.56 Å². The first-order chi connectivity index (χ1) is 6.43. The summed E-state index contributed by atoms with van der Waals surface area (Å²) in [5.74, 6) is -1.21. The molecule has 0 spiro atoms. The Kier molecular flexibility index (Phi) is 2.60. The summed E-state index contributed by atoms with van der Waals surface area (Å²) >= 11 is 0. The molecule has 76 valence electrons. The number of anilines is 1. The number of aromatic amines is 1. The topological polar surface area (TPSA) is 96.2 Å². The molecule has 0 radical (unpaired) electrons. The third-order valence-corrected chi connectivity index (χ3v) is 1.91. The number of pyridine rings is 1. The van der Waals surface area contributed by atoms with Gasteiger partial charge in [0.25, 0.3) is 5.56 Å². The average molecular weight is 196 g/mol. The lowest BCUT2D eigenvalue weighted by Crippen LogP contribution is -2.20. The van der Waals surface area contributed by atoms with Gasteiger partial charge in [-0.25, -0.2) is 4.79 Å². The van der Waals surface area contributed by atoms with E-state index in [2.05, 4.69) is 4.98 Å². The van der Waals surface area contributed by atoms with Crippen molar-refractivity contribution in [3.8, 4) is 0 Å². The van der Waals surface area contributed by atoms with Crippen LogP contribution in [0, 0.1) is 0 Å². The van der Waals surface area contributed by atoms with Crippen LogP contribution in [0.25, 0.3) is 0 Å². The maximum absolute atomic E-state index is 11.2. The number of carboxylic acids is 1. The number of carboxylic acid groups (broad SMARTS) is 1. The first kappa shape index (κ1) is 10.3. The lowest BCUT2D eigenvalue weighted by atomic mass is 10.1. The van der Waals surface area contributed by atoms with E-state index in [0.29, 0.717) is 11.4 Å². The van der Waals surface area contributed by atoms with Gasteiger partial charge in [0.05, 0.1) is 5.69 Å². The second-order valence-corrected chi connectivity index (χ2v) is 3.34. The van der Waals surface area contributed by atoms with Crippen LogP contribution in [0.5, 0.6) is 0 Å². The van der Waals surface area contributed by atoms with Crippen LogP contribution >= 0.6 is 0 Å². The number of hydrogen-bond donors (Lipinski definition) is 3. The molecule has 5 heteroatoms. The van der Waals surface area contributed by atoms with Gasteiger partial charge in [-0.1, -0.05) is 13.8 Å². The summed E-state index contributed by atoms with van der Waals surface area (Å²) in [6.07, 6.45) is 0. The lowest BCUT2D eigenvalue weighted by molar-refractivity contribution is 0.0695. The van der Waals surface area contributed by atoms with Crippen LogP contribution in [-0.4, -0.2) is 16.1 Å². The van der Waals surface area contributed by atoms with Crippen LogP contribution in [0.2, 0.25) is 0 Å². The third kappa shape index (κ3) is 1.76. The Bertz CT molecular complexity index is 421. The van der Waals surface area contributed by atoms with E-state index >= 15 is 0 Å². The minimum atomic E-state index is -1.27. The second kappa shape index (κ2) is 3.53. The maximum Gasteiger partial charge on any atom is 0.341 e. The summed E-state index contributed by atoms with van der Waals surface area (Å²) in [6, 6.07) is 1.19. The molecule has 0 saturated heterocycles. The number of hydrogen-bond acceptors (Lipinski definition) is 3. The maximum atomic E-state index is 11.2. The van der Waals surface area contributed by atoms with Crippen molar-refractivity contribution in [2.45, 2.75) is 19.8 Å². The van der Waals surface area contributed by atoms with E-state index in [-0.39, 0.29) is 11.5 Å². The van der Waals surface area contributed by atoms with Crippen molar-refractivity contribution in [3.63, 3.8) is 0 Å². The van der Waals surface area contributed by atoms with E-state index in [4.69, 9.17) is 10.8 Å². The summed E-state index contributed by atoms with van der Waals surface area (Å²) in [5, 5.41) is 8.64. The quantitative estimate of drug-likeness (QED) is 0.651. The number of carbonyl (C=O) groups is 1. The monoisotopic (exact) mass is 196 g/mol. The van der Waals surface area contributed by atoms with Gasteiger partial charge in [-0.05, 0) is 12.0 Å². The van der Waals surface area contributed by atoms with E-state index in [1.54, 1.807) is 0 Å². The van der Waals surface area contributed by atoms with Gasteiger partial charge < -0.3 is 15.8 Å². The van der Waals surface area contributed by atoms with Crippen LogP contribution in [-0.2, 0) is 0 Å². The predicted octanol–water partition coefficient (Wildman–Crippen LogP) is 0.779. The standard InChI is InChI=1S/C9H12N2O3/c1-4(2)7-6(10)3-5(9(13)14)8(12)11-7/h3-4H,10H2,1-2H3,(H,11,12)(H,13,14). The molecule has 0 saturated carbocycles. The minimum absolute atomic E-state index is 0.0607. The van der Waals surface area contributed by atoms with Crippen molar-refractivity contribution >= 4 is 11.7 Å². The molecular formula is C9H12N2O3. The normalized spacial score (nSPS) is 10.5. The summed E-state index contributed by atoms with van der Waals surface area (Å²) in [4.78, 5) is 24.3. The van der Waals surface area contributed by atoms with Crippen LogP contribution in [0.4, 0.5) is 5.69 Å². The van der Waals surface area contributed by atoms with E-state index in [1.165, 1.54) is 6.07 Å². The minimum Gasteiger partial charge on any atom is -0.477 e. The highest BCUT2D eigenvalue weighted by atomic mass is 16.4. The van der Waals surface area contributed by atoms with Gasteiger partial charge in [0.15, 0.2) is 0 Å². The van der Waals surface area contributed by atoms with Crippen molar-refractivity contribution in [1.29, 1.82) is 0 Å². The Labute approximate surface area is 80.6 Å². The lowest BCUT2D eigenvalue weighted by Gasteiger charge is -2.08. The second-order valence-electron chi connectivity index (χ2n) is 3.34. The van der Waals surface area contributed by atoms with Gasteiger partial charge >= 0.3 is 5.97 Å². The fourth-order valence-corrected chi connectivity index (χ4v) is 1.20. The Morgan fingerprint density at radius 3 is 2.57 bits per heavy atom. The van der Waals surface area contributed by atoms with E-state index < -0.39 is 11.5 Å². The number of nitrogens with two attached hydrogens (primary N) is 1. The fraction of sp³-hybridized carbons (Fsp3) is 0.333. The molecule has 0 aliphatic heterocycles. The molecule has 4 N–H and O–H groups in total. The molecular weight excluding hydrogens is 184 g/mol. The number of nitrogen functional groups attached to an aromatic ring is 1. The summed E-state index contributed by atoms with van der Waals surface area (Å²) in [7, 11) is 0. The van der Waals surface area contributed by atoms with Crippen molar-refractivity contribution in [2.24, 2.45) is 0 Å². The van der Waals surface area contributed by atoms with Gasteiger partial charge in [0.2, 0.25) is 0 Å². The van der Waals surface area contributed by atoms with Crippen molar-refractivity contribution in [2.75, 3.05) is 5.73 Å². The summed E-state index contributed by atoms with van der Waals surface area (Å²) < 4.78 is 0. The Morgan fingerprint density at radius 1 is 1.57 bits per heavy atom. The smallest absolute Gasteiger partial charge is 0.341 e. The number of rotatable bonds is 2. The molecule has 1 heterocycles. The number of aromatic nitrogens is 1. The zero-order valence-electron chi connectivity index (χ0n) is 8.00. The average Bonchev–Trinajstić information content (AvgIpc) is 2.07. The van der Waals surface area contributed by atoms with Crippen LogP contribution < -0.4 is 11.3 Å². The highest BCUT2D eigenvalue weighted by molar-refractivity contribution is 5.88. The van der Waals surface area contributed by atoms with E-state index in [1.807, 2.05) is 13.8 Å². The molecule has 0 aliphatic carbocycles. The molecule has 0 amide bonds. The molecule has 0 atom stereocenters. The van der Waals surface area contributed by atoms with Crippen molar-refractivity contribution in [1.82, 2.24) is 4.98 Å². The molecule has 0 unspecified atom stereocenters. The Hall–Kier alpha value is -1.78. The molecule has 0 aliphatic rings. The highest BCUT2D eigenvalue weighted by Gasteiger charge is 2.13. The summed E-state index contributed by atoms with van der Waals surface area (Å²) in [6.45, 7) is 3.73. The number of aromatic carboxylic acids is 1. The molecule has 1 aromatic heterocycles. The first-order valence-electron chi connectivity index (χ1n) is 4.19. The number of nitrogens with one attached hydrogen (secondary N) is 1. The molecule has 0 aromatic carbocycles. The first-order valence-corrected chi connectivity index (χ1v) is 4.19. The predicted molar refractivity (Wildman–Crippen MR) is 52.5 cm³/mol. The van der Waals surface area contributed by atoms with Crippen molar-refractivity contribution in [3.05, 3.63) is 27.7 Å². The molecule has 5 nitrogen and oxygen atoms in total. The largest absolute Gasteiger partial charge is 0.477 e. The van der Waals surface area contributed by atoms with Crippen LogP contribution in [0.3, 0.4) is 0 Å². The van der Waals surface area contributed by atoms with Gasteiger partial charge in [0, 0.05) is 5.69 Å². The number of H-pyrrole nitrogens is 1. The van der Waals surface area contributed by atoms with Gasteiger partial charge in [-0.15, -0.1) is 0 Å².